The van der Waals surface area contributed by atoms with Crippen LogP contribution in [0.5, 0.6) is 0 Å². The Labute approximate surface area is 330 Å². The molecule has 6 heterocycles. The van der Waals surface area contributed by atoms with Gasteiger partial charge in [0.05, 0.1) is 16.3 Å². The summed E-state index contributed by atoms with van der Waals surface area (Å²) in [5.74, 6) is -6.06. The first kappa shape index (κ1) is 45.3. The number of piperidine rings is 2. The summed E-state index contributed by atoms with van der Waals surface area (Å²) in [5.41, 5.74) is -0.804. The van der Waals surface area contributed by atoms with E-state index in [1.807, 2.05) is 0 Å². The zero-order valence-electron chi connectivity index (χ0n) is 29.6. The number of ether oxygens (including phenoxy) is 3. The molecule has 12 nitrogen and oxygen atoms in total. The second-order valence-corrected chi connectivity index (χ2v) is 14.7. The van der Waals surface area contributed by atoms with Crippen molar-refractivity contribution in [1.29, 1.82) is 0 Å². The van der Waals surface area contributed by atoms with Crippen LogP contribution in [0.3, 0.4) is 0 Å². The third kappa shape index (κ3) is 12.1. The predicted octanol–water partition coefficient (Wildman–Crippen LogP) is 8.68. The van der Waals surface area contributed by atoms with Gasteiger partial charge in [0.2, 0.25) is 5.82 Å². The monoisotopic (exact) mass is 902 g/mol. The van der Waals surface area contributed by atoms with Crippen LogP contribution in [0.4, 0.5) is 68.7 Å². The van der Waals surface area contributed by atoms with Gasteiger partial charge >= 0.3 is 48.7 Å². The molecule has 0 saturated carbocycles. The van der Waals surface area contributed by atoms with E-state index in [1.165, 1.54) is 6.07 Å². The van der Waals surface area contributed by atoms with Crippen molar-refractivity contribution in [1.82, 2.24) is 19.9 Å². The number of esters is 3. The Morgan fingerprint density at radius 2 is 1.08 bits per heavy atom. The Kier molecular flexibility index (Phi) is 13.7. The van der Waals surface area contributed by atoms with E-state index in [2.05, 4.69) is 34.1 Å². The van der Waals surface area contributed by atoms with Crippen LogP contribution < -0.4 is 9.80 Å². The maximum atomic E-state index is 14.0. The van der Waals surface area contributed by atoms with Crippen molar-refractivity contribution in [2.45, 2.75) is 63.2 Å². The van der Waals surface area contributed by atoms with Crippen molar-refractivity contribution in [3.8, 4) is 0 Å². The number of hydrogen-bond donors (Lipinski definition) is 0. The first-order valence-corrected chi connectivity index (χ1v) is 18.6. The summed E-state index contributed by atoms with van der Waals surface area (Å²) in [6.07, 6.45) is -15.8. The molecule has 4 aromatic rings. The lowest BCUT2D eigenvalue weighted by molar-refractivity contribution is -0.162. The van der Waals surface area contributed by atoms with Crippen LogP contribution in [0.15, 0.2) is 6.07 Å². The van der Waals surface area contributed by atoms with Crippen molar-refractivity contribution >= 4 is 72.7 Å². The summed E-state index contributed by atoms with van der Waals surface area (Å²) in [4.78, 5) is 52.4. The van der Waals surface area contributed by atoms with Gasteiger partial charge in [-0.2, -0.15) is 67.0 Å². The number of nitrogens with zero attached hydrogens (tertiary/aromatic N) is 6. The molecule has 0 aliphatic carbocycles. The van der Waals surface area contributed by atoms with Crippen molar-refractivity contribution in [3.63, 3.8) is 0 Å². The van der Waals surface area contributed by atoms with Crippen LogP contribution in [-0.4, -0.2) is 102 Å². The Balaban J connectivity index is 0.000000227. The Morgan fingerprint density at radius 1 is 0.593 bits per heavy atom. The molecule has 0 amide bonds. The topological polar surface area (TPSA) is 137 Å². The number of thiophene rings is 2. The molecule has 2 saturated heterocycles. The average molecular weight is 903 g/mol. The first-order valence-electron chi connectivity index (χ1n) is 17.0. The molecule has 0 atom stereocenters. The number of alkyl halides is 12. The minimum Gasteiger partial charge on any atom is -0.452 e. The van der Waals surface area contributed by atoms with Crippen LogP contribution in [-0.2, 0) is 20.4 Å². The summed E-state index contributed by atoms with van der Waals surface area (Å²) in [6.45, 7) is -4.07. The minimum absolute atomic E-state index is 0.0261. The van der Waals surface area contributed by atoms with Gasteiger partial charge in [0, 0.05) is 26.2 Å². The van der Waals surface area contributed by atoms with Gasteiger partial charge in [-0.05, 0) is 44.6 Å². The second kappa shape index (κ2) is 17.8. The first-order chi connectivity index (χ1) is 27.4. The van der Waals surface area contributed by atoms with Gasteiger partial charge in [-0.15, -0.1) is 22.7 Å². The van der Waals surface area contributed by atoms with Crippen molar-refractivity contribution < 1.29 is 85.7 Å². The molecule has 0 bridgehead atoms. The molecule has 0 radical (unpaired) electrons. The van der Waals surface area contributed by atoms with E-state index in [0.717, 1.165) is 25.7 Å². The third-order valence-corrected chi connectivity index (χ3v) is 10.2. The second-order valence-electron chi connectivity index (χ2n) is 12.7. The number of anilines is 2. The number of rotatable bonds is 8. The number of hydrogen-bond acceptors (Lipinski definition) is 14. The van der Waals surface area contributed by atoms with E-state index in [0.29, 0.717) is 61.7 Å². The van der Waals surface area contributed by atoms with Gasteiger partial charge in [0.1, 0.15) is 31.1 Å². The smallest absolute Gasteiger partial charge is 0.451 e. The number of halogens is 13. The zero-order valence-corrected chi connectivity index (χ0v) is 31.3. The van der Waals surface area contributed by atoms with Crippen LogP contribution in [0, 0.1) is 6.08 Å². The van der Waals surface area contributed by atoms with Gasteiger partial charge < -0.3 is 24.0 Å². The fourth-order valence-corrected chi connectivity index (χ4v) is 7.72. The van der Waals surface area contributed by atoms with Gasteiger partial charge in [0.25, 0.3) is 0 Å². The SMILES string of the molecule is O=C(OCC(F)(F)F)c1cc2c(N3CCCCC3)nc(C(F)(F)F)nc2s1.O=C(OCC(F)(F)F)c1sc2nc(F)nc(N3CCCCC3)c2c1C(=O)OCC(F)(F)F. The maximum absolute atomic E-state index is 14.0. The van der Waals surface area contributed by atoms with Gasteiger partial charge in [-0.3, -0.25) is 0 Å². The fourth-order valence-electron chi connectivity index (χ4n) is 5.76. The van der Waals surface area contributed by atoms with Crippen molar-refractivity contribution in [2.75, 3.05) is 55.8 Å². The summed E-state index contributed by atoms with van der Waals surface area (Å²) in [6, 6.07) is 1.18. The van der Waals surface area contributed by atoms with Crippen LogP contribution in [0.1, 0.15) is 74.1 Å². The van der Waals surface area contributed by atoms with Crippen molar-refractivity contribution in [2.24, 2.45) is 0 Å². The normalized spacial score (nSPS) is 15.5. The number of aromatic nitrogens is 4. The fraction of sp³-hybridized carbons (Fsp3) is 0.531. The molecule has 2 fully saturated rings. The molecule has 27 heteroatoms. The van der Waals surface area contributed by atoms with E-state index < -0.39 is 84.8 Å². The van der Waals surface area contributed by atoms with E-state index in [-0.39, 0.29) is 36.9 Å². The van der Waals surface area contributed by atoms with Gasteiger partial charge in [0.15, 0.2) is 19.8 Å². The average Bonchev–Trinajstić information content (AvgIpc) is 3.76. The summed E-state index contributed by atoms with van der Waals surface area (Å²) >= 11 is 0.840. The molecule has 0 spiro atoms. The largest absolute Gasteiger partial charge is 0.452 e. The highest BCUT2D eigenvalue weighted by Gasteiger charge is 2.39. The highest BCUT2D eigenvalue weighted by molar-refractivity contribution is 7.21. The van der Waals surface area contributed by atoms with Crippen molar-refractivity contribution in [3.05, 3.63) is 33.3 Å². The Hall–Kier alpha value is -4.82. The van der Waals surface area contributed by atoms with E-state index in [9.17, 15) is 71.5 Å². The van der Waals surface area contributed by atoms with Gasteiger partial charge in [-0.25, -0.2) is 24.4 Å². The molecule has 2 aliphatic heterocycles. The molecule has 6 rings (SSSR count). The van der Waals surface area contributed by atoms with Crippen LogP contribution >= 0.6 is 22.7 Å². The Morgan fingerprint density at radius 3 is 1.59 bits per heavy atom. The zero-order chi connectivity index (χ0) is 43.5. The van der Waals surface area contributed by atoms with Gasteiger partial charge in [-0.1, -0.05) is 0 Å². The van der Waals surface area contributed by atoms with Crippen LogP contribution in [0.2, 0.25) is 0 Å². The number of fused-ring (bicyclic) bond motifs is 2. The standard InChI is InChI=1S/C17H14F7N3O4S.C15H13F6N3O2S/c18-15-25-11(27-4-2-1-3-5-27)9-8(13(28)30-6-16(19,20)21)10(32-12(9)26-15)14(29)31-7-17(22,23)24;16-14(17,18)7-26-12(25)9-6-8-10(24-4-2-1-3-5-24)22-13(15(19,20)21)23-11(8)27-9/h1-7H2;6H,1-5,7H2. The number of carbonyl (C=O) groups excluding carboxylic acids is 3. The lowest BCUT2D eigenvalue weighted by atomic mass is 10.1. The molecule has 0 N–H and O–H groups in total. The lowest BCUT2D eigenvalue weighted by Crippen LogP contribution is -2.31. The lowest BCUT2D eigenvalue weighted by Gasteiger charge is -2.28. The summed E-state index contributed by atoms with van der Waals surface area (Å²) < 4.78 is 177. The molecular weight excluding hydrogens is 875 g/mol. The van der Waals surface area contributed by atoms with E-state index >= 15 is 0 Å². The quantitative estimate of drug-likeness (QED) is 0.0725. The molecular formula is C32H27F13N6O6S2. The highest BCUT2D eigenvalue weighted by Crippen LogP contribution is 2.39. The summed E-state index contributed by atoms with van der Waals surface area (Å²) in [7, 11) is 0. The number of carbonyl (C=O) groups is 3. The predicted molar refractivity (Wildman–Crippen MR) is 181 cm³/mol. The molecule has 0 unspecified atom stereocenters. The van der Waals surface area contributed by atoms with E-state index in [1.54, 1.807) is 9.80 Å². The summed E-state index contributed by atoms with van der Waals surface area (Å²) in [5, 5.41) is -0.0988. The molecule has 324 valence electrons. The maximum Gasteiger partial charge on any atom is 0.451 e. The Bertz CT molecular complexity index is 2160. The minimum atomic E-state index is -4.91. The molecule has 2 aliphatic rings. The highest BCUT2D eigenvalue weighted by atomic mass is 32.1. The third-order valence-electron chi connectivity index (χ3n) is 8.13. The molecule has 0 aromatic carbocycles. The molecule has 59 heavy (non-hydrogen) atoms. The molecule has 4 aromatic heterocycles. The van der Waals surface area contributed by atoms with Crippen LogP contribution in [0.25, 0.3) is 20.4 Å². The van der Waals surface area contributed by atoms with E-state index in [4.69, 9.17) is 0 Å².